The monoisotopic (exact) mass is 272 g/mol. The highest BCUT2D eigenvalue weighted by atomic mass is 32.1. The van der Waals surface area contributed by atoms with Crippen molar-refractivity contribution in [3.8, 4) is 0 Å². The fourth-order valence-corrected chi connectivity index (χ4v) is 2.78. The number of hydrogen-bond donors (Lipinski definition) is 1. The first-order valence-corrected chi connectivity index (χ1v) is 6.34. The minimum atomic E-state index is -0.898. The summed E-state index contributed by atoms with van der Waals surface area (Å²) in [5, 5.41) is 10.7. The summed E-state index contributed by atoms with van der Waals surface area (Å²) < 4.78 is 9.86. The van der Waals surface area contributed by atoms with Crippen LogP contribution in [0.15, 0.2) is 6.20 Å². The number of nitrogens with zero attached hydrogens (tertiary/aromatic N) is 2. The summed E-state index contributed by atoms with van der Waals surface area (Å²) in [6, 6.07) is 0. The second kappa shape index (κ2) is 5.31. The molecule has 1 amide bonds. The first-order chi connectivity index (χ1) is 8.58. The van der Waals surface area contributed by atoms with Crippen molar-refractivity contribution in [2.75, 3.05) is 33.9 Å². The van der Waals surface area contributed by atoms with Crippen molar-refractivity contribution in [1.29, 1.82) is 0 Å². The topological polar surface area (TPSA) is 71.9 Å². The normalized spacial score (nSPS) is 17.6. The van der Waals surface area contributed by atoms with Gasteiger partial charge in [0.2, 0.25) is 0 Å². The number of carbonyl (C=O) groups is 1. The van der Waals surface area contributed by atoms with Crippen molar-refractivity contribution in [3.05, 3.63) is 16.1 Å². The predicted octanol–water partition coefficient (Wildman–Crippen LogP) is 0.123. The molecule has 2 rings (SSSR count). The molecule has 0 aliphatic carbocycles. The number of likely N-dealkylation sites (tertiary alicyclic amines) is 1. The number of thiazole rings is 1. The van der Waals surface area contributed by atoms with E-state index in [1.54, 1.807) is 18.2 Å². The Hall–Kier alpha value is -1.02. The summed E-state index contributed by atoms with van der Waals surface area (Å²) in [4.78, 5) is 18.3. The maximum atomic E-state index is 12.0. The molecule has 0 unspecified atom stereocenters. The van der Waals surface area contributed by atoms with E-state index in [2.05, 4.69) is 4.98 Å². The Kier molecular flexibility index (Phi) is 3.96. The smallest absolute Gasteiger partial charge is 0.265 e. The molecule has 1 fully saturated rings. The van der Waals surface area contributed by atoms with Crippen LogP contribution in [0.1, 0.15) is 14.7 Å². The molecule has 0 atom stereocenters. The van der Waals surface area contributed by atoms with Crippen LogP contribution >= 0.6 is 11.3 Å². The zero-order valence-corrected chi connectivity index (χ0v) is 11.2. The van der Waals surface area contributed by atoms with Crippen LogP contribution in [-0.4, -0.2) is 60.4 Å². The molecule has 0 spiro atoms. The van der Waals surface area contributed by atoms with Crippen LogP contribution in [0.25, 0.3) is 0 Å². The highest BCUT2D eigenvalue weighted by Crippen LogP contribution is 2.25. The van der Waals surface area contributed by atoms with Gasteiger partial charge in [-0.1, -0.05) is 0 Å². The second-order valence-electron chi connectivity index (χ2n) is 4.37. The summed E-state index contributed by atoms with van der Waals surface area (Å²) in [6.07, 6.45) is 1.55. The molecule has 0 aromatic carbocycles. The van der Waals surface area contributed by atoms with E-state index in [9.17, 15) is 9.90 Å². The van der Waals surface area contributed by atoms with E-state index in [0.717, 1.165) is 5.01 Å². The number of amides is 1. The molecule has 0 bridgehead atoms. The lowest BCUT2D eigenvalue weighted by Gasteiger charge is -2.45. The molecule has 1 aromatic heterocycles. The summed E-state index contributed by atoms with van der Waals surface area (Å²) >= 11 is 1.32. The van der Waals surface area contributed by atoms with E-state index in [1.807, 2.05) is 0 Å². The Balaban J connectivity index is 1.93. The molecule has 18 heavy (non-hydrogen) atoms. The van der Waals surface area contributed by atoms with Gasteiger partial charge in [0.15, 0.2) is 0 Å². The molecule has 0 saturated carbocycles. The number of aromatic nitrogens is 1. The first kappa shape index (κ1) is 13.4. The Morgan fingerprint density at radius 1 is 1.56 bits per heavy atom. The minimum Gasteiger partial charge on any atom is -0.384 e. The number of methoxy groups -OCH3 is 2. The van der Waals surface area contributed by atoms with Gasteiger partial charge >= 0.3 is 0 Å². The van der Waals surface area contributed by atoms with Crippen molar-refractivity contribution in [2.45, 2.75) is 12.2 Å². The van der Waals surface area contributed by atoms with Gasteiger partial charge in [-0.25, -0.2) is 4.98 Å². The molecular formula is C11H16N2O4S. The van der Waals surface area contributed by atoms with Crippen molar-refractivity contribution in [1.82, 2.24) is 9.88 Å². The van der Waals surface area contributed by atoms with Crippen LogP contribution in [-0.2, 0) is 16.1 Å². The zero-order valence-electron chi connectivity index (χ0n) is 10.4. The van der Waals surface area contributed by atoms with Crippen LogP contribution in [0.3, 0.4) is 0 Å². The molecule has 1 aliphatic heterocycles. The number of carbonyl (C=O) groups excluding carboxylic acids is 1. The Morgan fingerprint density at radius 2 is 2.28 bits per heavy atom. The van der Waals surface area contributed by atoms with Crippen LogP contribution in [0, 0.1) is 0 Å². The number of aliphatic hydroxyl groups is 1. The van der Waals surface area contributed by atoms with E-state index in [0.29, 0.717) is 24.6 Å². The van der Waals surface area contributed by atoms with E-state index in [4.69, 9.17) is 9.47 Å². The van der Waals surface area contributed by atoms with Gasteiger partial charge in [0.05, 0.1) is 32.5 Å². The molecule has 7 heteroatoms. The van der Waals surface area contributed by atoms with Gasteiger partial charge < -0.3 is 19.5 Å². The van der Waals surface area contributed by atoms with E-state index < -0.39 is 5.60 Å². The zero-order chi connectivity index (χ0) is 13.2. The summed E-state index contributed by atoms with van der Waals surface area (Å²) in [7, 11) is 3.12. The maximum Gasteiger partial charge on any atom is 0.265 e. The van der Waals surface area contributed by atoms with Crippen molar-refractivity contribution < 1.29 is 19.4 Å². The molecular weight excluding hydrogens is 256 g/mol. The van der Waals surface area contributed by atoms with Crippen LogP contribution < -0.4 is 0 Å². The SMILES string of the molecule is COCc1ncc(C(=O)N2CC(O)(COC)C2)s1. The van der Waals surface area contributed by atoms with Gasteiger partial charge in [0.1, 0.15) is 15.5 Å². The lowest BCUT2D eigenvalue weighted by Crippen LogP contribution is -2.65. The highest BCUT2D eigenvalue weighted by molar-refractivity contribution is 7.13. The molecule has 1 aliphatic rings. The lowest BCUT2D eigenvalue weighted by atomic mass is 9.95. The fourth-order valence-electron chi connectivity index (χ4n) is 1.92. The molecule has 0 radical (unpaired) electrons. The Labute approximate surface area is 109 Å². The summed E-state index contributed by atoms with van der Waals surface area (Å²) in [6.45, 7) is 1.26. The van der Waals surface area contributed by atoms with Crippen molar-refractivity contribution in [2.24, 2.45) is 0 Å². The maximum absolute atomic E-state index is 12.0. The van der Waals surface area contributed by atoms with Gasteiger partial charge in [-0.2, -0.15) is 0 Å². The van der Waals surface area contributed by atoms with Gasteiger partial charge in [-0.15, -0.1) is 11.3 Å². The third-order valence-electron chi connectivity index (χ3n) is 2.70. The average Bonchev–Trinajstić information content (AvgIpc) is 2.74. The first-order valence-electron chi connectivity index (χ1n) is 5.52. The Morgan fingerprint density at radius 3 is 2.89 bits per heavy atom. The van der Waals surface area contributed by atoms with E-state index in [1.165, 1.54) is 18.4 Å². The minimum absolute atomic E-state index is 0.101. The largest absolute Gasteiger partial charge is 0.384 e. The summed E-state index contributed by atoms with van der Waals surface area (Å²) in [5.41, 5.74) is -0.898. The lowest BCUT2D eigenvalue weighted by molar-refractivity contribution is -0.117. The van der Waals surface area contributed by atoms with Gasteiger partial charge in [-0.05, 0) is 0 Å². The van der Waals surface area contributed by atoms with Crippen LogP contribution in [0.4, 0.5) is 0 Å². The summed E-state index contributed by atoms with van der Waals surface area (Å²) in [5.74, 6) is -0.101. The van der Waals surface area contributed by atoms with Gasteiger partial charge in [-0.3, -0.25) is 4.79 Å². The van der Waals surface area contributed by atoms with E-state index in [-0.39, 0.29) is 12.5 Å². The van der Waals surface area contributed by atoms with Crippen LogP contribution in [0.5, 0.6) is 0 Å². The fraction of sp³-hybridized carbons (Fsp3) is 0.636. The number of β-amino-alcohol motifs (C(OH)–C–C–N with tert-alkyl or cyclic N) is 1. The number of ether oxygens (including phenoxy) is 2. The molecule has 6 nitrogen and oxygen atoms in total. The second-order valence-corrected chi connectivity index (χ2v) is 5.49. The number of rotatable bonds is 5. The number of hydrogen-bond acceptors (Lipinski definition) is 6. The van der Waals surface area contributed by atoms with Crippen LogP contribution in [0.2, 0.25) is 0 Å². The molecule has 1 saturated heterocycles. The Bertz CT molecular complexity index is 428. The van der Waals surface area contributed by atoms with E-state index >= 15 is 0 Å². The average molecular weight is 272 g/mol. The third kappa shape index (κ3) is 2.69. The van der Waals surface area contributed by atoms with Gasteiger partial charge in [0, 0.05) is 14.2 Å². The molecule has 1 aromatic rings. The molecule has 2 heterocycles. The third-order valence-corrected chi connectivity index (χ3v) is 3.66. The molecule has 1 N–H and O–H groups in total. The van der Waals surface area contributed by atoms with Gasteiger partial charge in [0.25, 0.3) is 5.91 Å². The highest BCUT2D eigenvalue weighted by Gasteiger charge is 2.44. The molecule has 100 valence electrons. The predicted molar refractivity (Wildman–Crippen MR) is 65.6 cm³/mol. The standard InChI is InChI=1S/C11H16N2O4S/c1-16-4-9-12-3-8(18-9)10(14)13-5-11(15,6-13)7-17-2/h3,15H,4-7H2,1-2H3. The van der Waals surface area contributed by atoms with Crippen molar-refractivity contribution in [3.63, 3.8) is 0 Å². The quantitative estimate of drug-likeness (QED) is 0.824. The van der Waals surface area contributed by atoms with Crippen molar-refractivity contribution >= 4 is 17.2 Å².